The zero-order chi connectivity index (χ0) is 22.9. The third-order valence-corrected chi connectivity index (χ3v) is 5.47. The molecule has 8 nitrogen and oxygen atoms in total. The summed E-state index contributed by atoms with van der Waals surface area (Å²) in [5, 5.41) is 0.353. The highest BCUT2D eigenvalue weighted by molar-refractivity contribution is 7.92. The number of aromatic nitrogens is 2. The van der Waals surface area contributed by atoms with Gasteiger partial charge < -0.3 is 0 Å². The monoisotopic (exact) mass is 446 g/mol. The van der Waals surface area contributed by atoms with E-state index in [-0.39, 0.29) is 17.9 Å². The number of benzene rings is 3. The average Bonchev–Trinajstić information content (AvgIpc) is 2.76. The highest BCUT2D eigenvalue weighted by atomic mass is 32.2. The molecule has 32 heavy (non-hydrogen) atoms. The van der Waals surface area contributed by atoms with Gasteiger partial charge in [-0.25, -0.2) is 22.6 Å². The summed E-state index contributed by atoms with van der Waals surface area (Å²) >= 11 is 0. The number of hydrogen-bond acceptors (Lipinski definition) is 4. The summed E-state index contributed by atoms with van der Waals surface area (Å²) in [6.07, 6.45) is 1.02. The second-order valence-corrected chi connectivity index (χ2v) is 8.98. The standard InChI is InChI=1S/C23H18N4O4S/c1-24-17-12-10-16(11-13-17)15-26-21-9-4-3-8-20(21)22(28)27(23(26)29)19-7-5-6-18(14-19)25-32(2,30)31/h3-14,25H,15H2,2H3. The molecular weight excluding hydrogens is 428 g/mol. The van der Waals surface area contributed by atoms with E-state index >= 15 is 0 Å². The molecule has 0 radical (unpaired) electrons. The van der Waals surface area contributed by atoms with Crippen molar-refractivity contribution >= 4 is 32.3 Å². The number of hydrogen-bond donors (Lipinski definition) is 1. The average molecular weight is 446 g/mol. The van der Waals surface area contributed by atoms with Crippen LogP contribution in [0.1, 0.15) is 5.56 Å². The second-order valence-electron chi connectivity index (χ2n) is 7.23. The lowest BCUT2D eigenvalue weighted by Gasteiger charge is -2.15. The van der Waals surface area contributed by atoms with Gasteiger partial charge in [0, 0.05) is 0 Å². The number of nitrogens with one attached hydrogen (secondary N) is 1. The van der Waals surface area contributed by atoms with Crippen molar-refractivity contribution in [3.05, 3.63) is 111 Å². The number of nitrogens with zero attached hydrogens (tertiary/aromatic N) is 3. The van der Waals surface area contributed by atoms with Crippen molar-refractivity contribution in [3.8, 4) is 5.69 Å². The highest BCUT2D eigenvalue weighted by Gasteiger charge is 2.15. The summed E-state index contributed by atoms with van der Waals surface area (Å²) in [5.74, 6) is 0. The topological polar surface area (TPSA) is 94.5 Å². The van der Waals surface area contributed by atoms with E-state index in [0.29, 0.717) is 16.6 Å². The first-order chi connectivity index (χ1) is 15.3. The van der Waals surface area contributed by atoms with Crippen molar-refractivity contribution in [2.45, 2.75) is 6.54 Å². The predicted molar refractivity (Wildman–Crippen MR) is 124 cm³/mol. The van der Waals surface area contributed by atoms with E-state index in [9.17, 15) is 18.0 Å². The third-order valence-electron chi connectivity index (χ3n) is 4.86. The Labute approximate surface area is 183 Å². The van der Waals surface area contributed by atoms with Crippen molar-refractivity contribution in [2.75, 3.05) is 11.0 Å². The van der Waals surface area contributed by atoms with Crippen LogP contribution in [0.4, 0.5) is 11.4 Å². The quantitative estimate of drug-likeness (QED) is 0.477. The van der Waals surface area contributed by atoms with E-state index in [0.717, 1.165) is 16.4 Å². The minimum Gasteiger partial charge on any atom is -0.288 e. The van der Waals surface area contributed by atoms with Crippen LogP contribution in [-0.2, 0) is 16.6 Å². The molecule has 0 aliphatic heterocycles. The van der Waals surface area contributed by atoms with E-state index in [2.05, 4.69) is 9.57 Å². The fourth-order valence-corrected chi connectivity index (χ4v) is 4.04. The molecule has 0 fully saturated rings. The van der Waals surface area contributed by atoms with Crippen molar-refractivity contribution in [3.63, 3.8) is 0 Å². The summed E-state index contributed by atoms with van der Waals surface area (Å²) in [6.45, 7) is 7.28. The van der Waals surface area contributed by atoms with Crippen LogP contribution in [0.25, 0.3) is 21.4 Å². The van der Waals surface area contributed by atoms with E-state index < -0.39 is 21.3 Å². The summed E-state index contributed by atoms with van der Waals surface area (Å²) in [6, 6.07) is 19.8. The van der Waals surface area contributed by atoms with Crippen LogP contribution in [0.5, 0.6) is 0 Å². The molecule has 1 aromatic heterocycles. The van der Waals surface area contributed by atoms with Gasteiger partial charge in [-0.05, 0) is 35.9 Å². The summed E-state index contributed by atoms with van der Waals surface area (Å²) < 4.78 is 28.1. The molecule has 0 atom stereocenters. The Morgan fingerprint density at radius 1 is 0.969 bits per heavy atom. The minimum atomic E-state index is -3.53. The largest absolute Gasteiger partial charge is 0.336 e. The normalized spacial score (nSPS) is 11.2. The Balaban J connectivity index is 1.93. The van der Waals surface area contributed by atoms with Gasteiger partial charge in [-0.1, -0.05) is 42.5 Å². The number of para-hydroxylation sites is 1. The zero-order valence-electron chi connectivity index (χ0n) is 17.0. The van der Waals surface area contributed by atoms with Crippen LogP contribution >= 0.6 is 0 Å². The van der Waals surface area contributed by atoms with Crippen LogP contribution in [-0.4, -0.2) is 23.8 Å². The van der Waals surface area contributed by atoms with Gasteiger partial charge in [0.1, 0.15) is 0 Å². The molecule has 0 spiro atoms. The second kappa shape index (κ2) is 8.17. The van der Waals surface area contributed by atoms with Crippen molar-refractivity contribution in [1.82, 2.24) is 9.13 Å². The molecule has 4 rings (SSSR count). The van der Waals surface area contributed by atoms with Crippen molar-refractivity contribution in [2.24, 2.45) is 0 Å². The van der Waals surface area contributed by atoms with Crippen LogP contribution in [0.2, 0.25) is 0 Å². The van der Waals surface area contributed by atoms with Crippen LogP contribution in [0, 0.1) is 6.57 Å². The highest BCUT2D eigenvalue weighted by Crippen LogP contribution is 2.17. The van der Waals surface area contributed by atoms with Gasteiger partial charge >= 0.3 is 5.69 Å². The predicted octanol–water partition coefficient (Wildman–Crippen LogP) is 3.12. The fourth-order valence-electron chi connectivity index (χ4n) is 3.48. The molecule has 9 heteroatoms. The van der Waals surface area contributed by atoms with Gasteiger partial charge in [-0.3, -0.25) is 14.1 Å². The molecular formula is C23H18N4O4S. The molecule has 3 aromatic carbocycles. The summed E-state index contributed by atoms with van der Waals surface area (Å²) in [5.41, 5.74) is 1.20. The molecule has 4 aromatic rings. The maximum absolute atomic E-state index is 13.5. The Morgan fingerprint density at radius 3 is 2.38 bits per heavy atom. The lowest BCUT2D eigenvalue weighted by atomic mass is 10.2. The number of fused-ring (bicyclic) bond motifs is 1. The first-order valence-electron chi connectivity index (χ1n) is 9.56. The smallest absolute Gasteiger partial charge is 0.288 e. The first kappa shape index (κ1) is 21.1. The minimum absolute atomic E-state index is 0.194. The van der Waals surface area contributed by atoms with E-state index in [1.54, 1.807) is 60.7 Å². The molecule has 0 aliphatic rings. The van der Waals surface area contributed by atoms with E-state index in [4.69, 9.17) is 6.57 Å². The maximum Gasteiger partial charge on any atom is 0.336 e. The molecule has 0 bridgehead atoms. The van der Waals surface area contributed by atoms with E-state index in [1.165, 1.54) is 16.7 Å². The summed E-state index contributed by atoms with van der Waals surface area (Å²) in [4.78, 5) is 30.1. The molecule has 0 saturated carbocycles. The molecule has 1 heterocycles. The van der Waals surface area contributed by atoms with Gasteiger partial charge in [-0.2, -0.15) is 0 Å². The molecule has 0 unspecified atom stereocenters. The van der Waals surface area contributed by atoms with Gasteiger partial charge in [0.2, 0.25) is 10.0 Å². The van der Waals surface area contributed by atoms with Crippen LogP contribution in [0.3, 0.4) is 0 Å². The van der Waals surface area contributed by atoms with Gasteiger partial charge in [0.05, 0.1) is 41.7 Å². The molecule has 160 valence electrons. The Kier molecular flexibility index (Phi) is 5.38. The van der Waals surface area contributed by atoms with Crippen molar-refractivity contribution in [1.29, 1.82) is 0 Å². The summed E-state index contributed by atoms with van der Waals surface area (Å²) in [7, 11) is -3.53. The SMILES string of the molecule is [C-]#[N+]c1ccc(Cn2c(=O)n(-c3cccc(NS(C)(=O)=O)c3)c(=O)c3ccccc32)cc1. The van der Waals surface area contributed by atoms with Crippen molar-refractivity contribution < 1.29 is 8.42 Å². The Hall–Kier alpha value is -4.16. The maximum atomic E-state index is 13.5. The number of anilines is 1. The Bertz CT molecular complexity index is 1590. The lowest BCUT2D eigenvalue weighted by Crippen LogP contribution is -2.39. The molecule has 0 saturated heterocycles. The Morgan fingerprint density at radius 2 is 1.69 bits per heavy atom. The zero-order valence-corrected chi connectivity index (χ0v) is 17.8. The fraction of sp³-hybridized carbons (Fsp3) is 0.0870. The third kappa shape index (κ3) is 4.17. The van der Waals surface area contributed by atoms with E-state index in [1.807, 2.05) is 0 Å². The van der Waals surface area contributed by atoms with Gasteiger partial charge in [-0.15, -0.1) is 0 Å². The molecule has 0 aliphatic carbocycles. The molecule has 0 amide bonds. The number of sulfonamides is 1. The lowest BCUT2D eigenvalue weighted by molar-refractivity contribution is 0.607. The van der Waals surface area contributed by atoms with Gasteiger partial charge in [0.15, 0.2) is 5.69 Å². The molecule has 1 N–H and O–H groups in total. The first-order valence-corrected chi connectivity index (χ1v) is 11.5. The van der Waals surface area contributed by atoms with Crippen LogP contribution in [0.15, 0.2) is 82.4 Å². The number of rotatable bonds is 5. The van der Waals surface area contributed by atoms with Crippen LogP contribution < -0.4 is 16.0 Å². The van der Waals surface area contributed by atoms with Gasteiger partial charge in [0.25, 0.3) is 5.56 Å².